The predicted molar refractivity (Wildman–Crippen MR) is 104 cm³/mol. The zero-order chi connectivity index (χ0) is 19.4. The zero-order valence-electron chi connectivity index (χ0n) is 15.6. The lowest BCUT2D eigenvalue weighted by Gasteiger charge is -2.32. The summed E-state index contributed by atoms with van der Waals surface area (Å²) in [5, 5.41) is 2.91. The van der Waals surface area contributed by atoms with E-state index in [9.17, 15) is 13.2 Å². The highest BCUT2D eigenvalue weighted by Crippen LogP contribution is 2.25. The number of sulfonamides is 1. The highest BCUT2D eigenvalue weighted by molar-refractivity contribution is 7.89. The van der Waals surface area contributed by atoms with Gasteiger partial charge in [0.25, 0.3) is 5.91 Å². The second kappa shape index (κ2) is 8.19. The average molecular weight is 388 g/mol. The number of pyridine rings is 1. The maximum absolute atomic E-state index is 12.9. The molecule has 144 valence electrons. The van der Waals surface area contributed by atoms with Crippen molar-refractivity contribution in [2.24, 2.45) is 0 Å². The number of carbonyl (C=O) groups excluding carboxylic acids is 1. The number of rotatable bonds is 5. The summed E-state index contributed by atoms with van der Waals surface area (Å²) in [5.41, 5.74) is 1.39. The summed E-state index contributed by atoms with van der Waals surface area (Å²) < 4.78 is 27.3. The molecule has 1 N–H and O–H groups in total. The van der Waals surface area contributed by atoms with Crippen molar-refractivity contribution in [3.05, 3.63) is 59.9 Å². The molecular weight excluding hydrogens is 362 g/mol. The van der Waals surface area contributed by atoms with E-state index in [1.54, 1.807) is 28.8 Å². The molecule has 1 fully saturated rings. The van der Waals surface area contributed by atoms with Gasteiger partial charge in [0, 0.05) is 30.5 Å². The van der Waals surface area contributed by atoms with Crippen LogP contribution in [0.1, 0.15) is 55.1 Å². The molecule has 0 spiro atoms. The number of nitrogens with zero attached hydrogens (tertiary/aromatic N) is 2. The number of carbonyl (C=O) groups is 1. The van der Waals surface area contributed by atoms with E-state index in [1.807, 2.05) is 26.0 Å². The molecule has 0 bridgehead atoms. The molecule has 7 heteroatoms. The van der Waals surface area contributed by atoms with E-state index in [0.717, 1.165) is 24.8 Å². The second-order valence-electron chi connectivity index (χ2n) is 6.96. The smallest absolute Gasteiger partial charge is 0.251 e. The van der Waals surface area contributed by atoms with Crippen molar-refractivity contribution in [2.75, 3.05) is 6.54 Å². The van der Waals surface area contributed by atoms with Crippen LogP contribution >= 0.6 is 0 Å². The zero-order valence-corrected chi connectivity index (χ0v) is 16.4. The van der Waals surface area contributed by atoms with E-state index in [4.69, 9.17) is 0 Å². The van der Waals surface area contributed by atoms with Crippen LogP contribution < -0.4 is 5.32 Å². The Morgan fingerprint density at radius 1 is 1.15 bits per heavy atom. The highest BCUT2D eigenvalue weighted by Gasteiger charge is 2.30. The fourth-order valence-corrected chi connectivity index (χ4v) is 5.06. The molecule has 0 aliphatic carbocycles. The topological polar surface area (TPSA) is 79.4 Å². The number of amides is 1. The van der Waals surface area contributed by atoms with Crippen LogP contribution in [-0.2, 0) is 10.0 Å². The highest BCUT2D eigenvalue weighted by atomic mass is 32.2. The SMILES string of the molecule is CC(NC(=O)c1ccc(S(=O)(=O)N2CCCCC2C)cc1)c1ccncc1. The number of piperidine rings is 1. The molecule has 3 rings (SSSR count). The minimum absolute atomic E-state index is 0.00735. The number of benzene rings is 1. The molecule has 1 amide bonds. The molecule has 1 aliphatic rings. The summed E-state index contributed by atoms with van der Waals surface area (Å²) in [6, 6.07) is 9.70. The van der Waals surface area contributed by atoms with Gasteiger partial charge in [-0.2, -0.15) is 4.31 Å². The third kappa shape index (κ3) is 4.36. The Hall–Kier alpha value is -2.25. The molecule has 27 heavy (non-hydrogen) atoms. The molecule has 0 radical (unpaired) electrons. The minimum Gasteiger partial charge on any atom is -0.346 e. The quantitative estimate of drug-likeness (QED) is 0.855. The van der Waals surface area contributed by atoms with Gasteiger partial charge in [-0.1, -0.05) is 6.42 Å². The van der Waals surface area contributed by atoms with Crippen molar-refractivity contribution < 1.29 is 13.2 Å². The molecule has 1 aliphatic heterocycles. The first-order valence-electron chi connectivity index (χ1n) is 9.22. The van der Waals surface area contributed by atoms with Crippen LogP contribution in [0.4, 0.5) is 0 Å². The molecule has 6 nitrogen and oxygen atoms in total. The first-order valence-corrected chi connectivity index (χ1v) is 10.7. The summed E-state index contributed by atoms with van der Waals surface area (Å²) in [4.78, 5) is 16.7. The van der Waals surface area contributed by atoms with Crippen LogP contribution in [-0.4, -0.2) is 36.2 Å². The molecule has 1 aromatic carbocycles. The van der Waals surface area contributed by atoms with Gasteiger partial charge in [0.2, 0.25) is 10.0 Å². The van der Waals surface area contributed by atoms with E-state index >= 15 is 0 Å². The minimum atomic E-state index is -3.53. The molecule has 1 aromatic heterocycles. The van der Waals surface area contributed by atoms with Gasteiger partial charge in [-0.3, -0.25) is 9.78 Å². The summed E-state index contributed by atoms with van der Waals surface area (Å²) in [7, 11) is -3.53. The molecule has 2 heterocycles. The van der Waals surface area contributed by atoms with Gasteiger partial charge in [0.15, 0.2) is 0 Å². The molecule has 2 aromatic rings. The Labute approximate surface area is 160 Å². The summed E-state index contributed by atoms with van der Waals surface area (Å²) >= 11 is 0. The van der Waals surface area contributed by atoms with Crippen LogP contribution in [0.2, 0.25) is 0 Å². The van der Waals surface area contributed by atoms with Gasteiger partial charge in [-0.05, 0) is 68.7 Å². The molecule has 0 saturated carbocycles. The van der Waals surface area contributed by atoms with Gasteiger partial charge in [0.05, 0.1) is 10.9 Å². The van der Waals surface area contributed by atoms with Crippen LogP contribution in [0.5, 0.6) is 0 Å². The third-order valence-corrected chi connectivity index (χ3v) is 7.05. The summed E-state index contributed by atoms with van der Waals surface area (Å²) in [6.07, 6.45) is 6.18. The van der Waals surface area contributed by atoms with Crippen molar-refractivity contribution in [3.63, 3.8) is 0 Å². The lowest BCUT2D eigenvalue weighted by atomic mass is 10.1. The van der Waals surface area contributed by atoms with Crippen LogP contribution in [0.25, 0.3) is 0 Å². The first kappa shape index (κ1) is 19.5. The Morgan fingerprint density at radius 3 is 2.44 bits per heavy atom. The second-order valence-corrected chi connectivity index (χ2v) is 8.85. The monoisotopic (exact) mass is 387 g/mol. The van der Waals surface area contributed by atoms with Crippen molar-refractivity contribution in [1.29, 1.82) is 0 Å². The molecule has 1 saturated heterocycles. The van der Waals surface area contributed by atoms with Gasteiger partial charge in [0.1, 0.15) is 0 Å². The lowest BCUT2D eigenvalue weighted by Crippen LogP contribution is -2.41. The largest absolute Gasteiger partial charge is 0.346 e. The number of nitrogens with one attached hydrogen (secondary N) is 1. The Bertz CT molecular complexity index is 882. The van der Waals surface area contributed by atoms with E-state index in [1.165, 1.54) is 12.1 Å². The molecule has 2 atom stereocenters. The van der Waals surface area contributed by atoms with Gasteiger partial charge >= 0.3 is 0 Å². The Morgan fingerprint density at radius 2 is 1.81 bits per heavy atom. The van der Waals surface area contributed by atoms with Gasteiger partial charge in [-0.25, -0.2) is 8.42 Å². The number of hydrogen-bond acceptors (Lipinski definition) is 4. The standard InChI is InChI=1S/C20H25N3O3S/c1-15-5-3-4-14-23(15)27(25,26)19-8-6-18(7-9-19)20(24)22-16(2)17-10-12-21-13-11-17/h6-13,15-16H,3-5,14H2,1-2H3,(H,22,24). The number of hydrogen-bond donors (Lipinski definition) is 1. The van der Waals surface area contributed by atoms with E-state index in [2.05, 4.69) is 10.3 Å². The Balaban J connectivity index is 1.72. The van der Waals surface area contributed by atoms with Crippen molar-refractivity contribution >= 4 is 15.9 Å². The molecule has 2 unspecified atom stereocenters. The normalized spacial score (nSPS) is 19.4. The van der Waals surface area contributed by atoms with E-state index in [0.29, 0.717) is 12.1 Å². The fourth-order valence-electron chi connectivity index (χ4n) is 3.36. The van der Waals surface area contributed by atoms with Gasteiger partial charge < -0.3 is 5.32 Å². The van der Waals surface area contributed by atoms with Crippen LogP contribution in [0.3, 0.4) is 0 Å². The van der Waals surface area contributed by atoms with Crippen LogP contribution in [0.15, 0.2) is 53.7 Å². The van der Waals surface area contributed by atoms with Crippen molar-refractivity contribution in [1.82, 2.24) is 14.6 Å². The van der Waals surface area contributed by atoms with Gasteiger partial charge in [-0.15, -0.1) is 0 Å². The third-order valence-electron chi connectivity index (χ3n) is 5.02. The maximum Gasteiger partial charge on any atom is 0.251 e. The fraction of sp³-hybridized carbons (Fsp3) is 0.400. The predicted octanol–water partition coefficient (Wildman–Crippen LogP) is 3.14. The summed E-state index contributed by atoms with van der Waals surface area (Å²) in [6.45, 7) is 4.39. The molecular formula is C20H25N3O3S. The maximum atomic E-state index is 12.9. The van der Waals surface area contributed by atoms with Crippen LogP contribution in [0, 0.1) is 0 Å². The van der Waals surface area contributed by atoms with Crippen molar-refractivity contribution in [2.45, 2.75) is 50.1 Å². The first-order chi connectivity index (χ1) is 12.9. The van der Waals surface area contributed by atoms with E-state index in [-0.39, 0.29) is 22.9 Å². The van der Waals surface area contributed by atoms with Crippen molar-refractivity contribution in [3.8, 4) is 0 Å². The lowest BCUT2D eigenvalue weighted by molar-refractivity contribution is 0.0939. The Kier molecular flexibility index (Phi) is 5.92. The summed E-state index contributed by atoms with van der Waals surface area (Å²) in [5.74, 6) is -0.241. The number of aromatic nitrogens is 1. The van der Waals surface area contributed by atoms with E-state index < -0.39 is 10.0 Å². The average Bonchev–Trinajstić information content (AvgIpc) is 2.69.